The average molecular weight is 325 g/mol. The normalized spacial score (nSPS) is 13.1. The van der Waals surface area contributed by atoms with E-state index in [4.69, 9.17) is 6.42 Å². The summed E-state index contributed by atoms with van der Waals surface area (Å²) >= 11 is 1.49. The van der Waals surface area contributed by atoms with Crippen LogP contribution in [0.2, 0.25) is 0 Å². The van der Waals surface area contributed by atoms with Crippen LogP contribution in [0.15, 0.2) is 29.2 Å². The van der Waals surface area contributed by atoms with Gasteiger partial charge in [-0.3, -0.25) is 0 Å². The van der Waals surface area contributed by atoms with Crippen LogP contribution in [-0.4, -0.2) is 30.9 Å². The van der Waals surface area contributed by atoms with Crippen LogP contribution >= 0.6 is 11.8 Å². The van der Waals surface area contributed by atoms with E-state index in [1.54, 1.807) is 16.4 Å². The van der Waals surface area contributed by atoms with E-state index in [0.717, 1.165) is 18.4 Å². The molecule has 1 unspecified atom stereocenters. The van der Waals surface area contributed by atoms with Crippen molar-refractivity contribution >= 4 is 21.8 Å². The Hall–Kier alpha value is -0.960. The molecule has 1 atom stereocenters. The van der Waals surface area contributed by atoms with Gasteiger partial charge in [0.05, 0.1) is 10.8 Å². The maximum absolute atomic E-state index is 12.9. The summed E-state index contributed by atoms with van der Waals surface area (Å²) in [5.41, 5.74) is 1.04. The minimum Gasteiger partial charge on any atom is -0.207 e. The van der Waals surface area contributed by atoms with Crippen molar-refractivity contribution in [3.8, 4) is 12.3 Å². The van der Waals surface area contributed by atoms with Gasteiger partial charge in [-0.1, -0.05) is 31.0 Å². The Labute approximate surface area is 133 Å². The van der Waals surface area contributed by atoms with Crippen molar-refractivity contribution in [2.24, 2.45) is 0 Å². The second kappa shape index (κ2) is 8.47. The Kier molecular flexibility index (Phi) is 7.30. The molecule has 0 aliphatic carbocycles. The molecular weight excluding hydrogens is 302 g/mol. The first-order valence-electron chi connectivity index (χ1n) is 6.98. The molecule has 0 saturated heterocycles. The van der Waals surface area contributed by atoms with Crippen molar-refractivity contribution in [1.29, 1.82) is 0 Å². The third-order valence-electron chi connectivity index (χ3n) is 3.27. The van der Waals surface area contributed by atoms with Crippen LogP contribution in [0, 0.1) is 19.3 Å². The lowest BCUT2D eigenvalue weighted by atomic mass is 10.1. The maximum atomic E-state index is 12.9. The lowest BCUT2D eigenvalue weighted by Crippen LogP contribution is -2.39. The Balaban J connectivity index is 3.18. The second-order valence-corrected chi connectivity index (χ2v) is 7.70. The molecule has 116 valence electrons. The molecule has 0 bridgehead atoms. The Morgan fingerprint density at radius 1 is 1.33 bits per heavy atom. The standard InChI is InChI=1S/C16H23NO2S2/c1-5-7-15(8-6-2)17(13-20-4)21(18,19)16-11-9-14(3)10-12-16/h1,9-12,15H,6-8,13H2,2-4H3. The molecule has 0 spiro atoms. The largest absolute Gasteiger partial charge is 0.244 e. The quantitative estimate of drug-likeness (QED) is 0.542. The molecule has 0 radical (unpaired) electrons. The first-order valence-corrected chi connectivity index (χ1v) is 9.81. The highest BCUT2D eigenvalue weighted by Gasteiger charge is 2.30. The number of benzene rings is 1. The number of rotatable bonds is 8. The highest BCUT2D eigenvalue weighted by atomic mass is 32.2. The summed E-state index contributed by atoms with van der Waals surface area (Å²) in [6, 6.07) is 6.83. The molecule has 1 rings (SSSR count). The van der Waals surface area contributed by atoms with Gasteiger partial charge in [-0.15, -0.1) is 24.1 Å². The number of hydrogen-bond acceptors (Lipinski definition) is 3. The van der Waals surface area contributed by atoms with E-state index in [2.05, 4.69) is 5.92 Å². The fourth-order valence-electron chi connectivity index (χ4n) is 2.16. The minimum absolute atomic E-state index is 0.140. The lowest BCUT2D eigenvalue weighted by Gasteiger charge is -2.29. The first-order chi connectivity index (χ1) is 9.97. The van der Waals surface area contributed by atoms with Crippen molar-refractivity contribution in [3.63, 3.8) is 0 Å². The monoisotopic (exact) mass is 325 g/mol. The van der Waals surface area contributed by atoms with Gasteiger partial charge in [0.1, 0.15) is 0 Å². The van der Waals surface area contributed by atoms with E-state index in [1.165, 1.54) is 11.8 Å². The summed E-state index contributed by atoms with van der Waals surface area (Å²) in [5, 5.41) is 0. The van der Waals surface area contributed by atoms with Gasteiger partial charge in [-0.25, -0.2) is 8.42 Å². The molecule has 1 aromatic rings. The fourth-order valence-corrected chi connectivity index (χ4v) is 4.82. The predicted octanol–water partition coefficient (Wildman–Crippen LogP) is 3.50. The predicted molar refractivity (Wildman–Crippen MR) is 90.7 cm³/mol. The molecule has 21 heavy (non-hydrogen) atoms. The summed E-state index contributed by atoms with van der Waals surface area (Å²) in [7, 11) is -3.51. The average Bonchev–Trinajstić information content (AvgIpc) is 2.45. The number of thioether (sulfide) groups is 1. The van der Waals surface area contributed by atoms with Crippen molar-refractivity contribution in [2.45, 2.75) is 44.0 Å². The topological polar surface area (TPSA) is 37.4 Å². The molecular formula is C16H23NO2S2. The Morgan fingerprint density at radius 3 is 2.43 bits per heavy atom. The molecule has 0 saturated carbocycles. The molecule has 0 heterocycles. The van der Waals surface area contributed by atoms with Crippen LogP contribution in [0.25, 0.3) is 0 Å². The van der Waals surface area contributed by atoms with Gasteiger partial charge >= 0.3 is 0 Å². The molecule has 1 aromatic carbocycles. The van der Waals surface area contributed by atoms with Crippen LogP contribution in [0.4, 0.5) is 0 Å². The van der Waals surface area contributed by atoms with Gasteiger partial charge in [-0.05, 0) is 31.7 Å². The minimum atomic E-state index is -3.51. The molecule has 0 amide bonds. The summed E-state index contributed by atoms with van der Waals surface area (Å²) in [4.78, 5) is 0.334. The number of aryl methyl sites for hydroxylation is 1. The number of sulfonamides is 1. The Morgan fingerprint density at radius 2 is 1.95 bits per heavy atom. The zero-order chi connectivity index (χ0) is 15.9. The summed E-state index contributed by atoms with van der Waals surface area (Å²) in [6.45, 7) is 3.98. The molecule has 0 N–H and O–H groups in total. The van der Waals surface area contributed by atoms with E-state index in [1.807, 2.05) is 32.2 Å². The van der Waals surface area contributed by atoms with E-state index in [0.29, 0.717) is 17.2 Å². The second-order valence-electron chi connectivity index (χ2n) is 4.97. The van der Waals surface area contributed by atoms with Crippen molar-refractivity contribution < 1.29 is 8.42 Å². The number of terminal acetylenes is 1. The van der Waals surface area contributed by atoms with E-state index < -0.39 is 10.0 Å². The SMILES string of the molecule is C#CCC(CCC)N(CSC)S(=O)(=O)c1ccc(C)cc1. The maximum Gasteiger partial charge on any atom is 0.244 e. The highest BCUT2D eigenvalue weighted by Crippen LogP contribution is 2.24. The third kappa shape index (κ3) is 4.77. The third-order valence-corrected chi connectivity index (χ3v) is 5.88. The fraction of sp³-hybridized carbons (Fsp3) is 0.500. The number of hydrogen-bond donors (Lipinski definition) is 0. The highest BCUT2D eigenvalue weighted by molar-refractivity contribution is 7.99. The van der Waals surface area contributed by atoms with Crippen molar-refractivity contribution in [1.82, 2.24) is 4.31 Å². The van der Waals surface area contributed by atoms with Crippen molar-refractivity contribution in [2.75, 3.05) is 12.1 Å². The van der Waals surface area contributed by atoms with Crippen LogP contribution in [0.1, 0.15) is 31.7 Å². The zero-order valence-electron chi connectivity index (χ0n) is 12.9. The summed E-state index contributed by atoms with van der Waals surface area (Å²) in [6.07, 6.45) is 9.44. The van der Waals surface area contributed by atoms with Gasteiger partial charge in [0.15, 0.2) is 0 Å². The van der Waals surface area contributed by atoms with Gasteiger partial charge in [0.2, 0.25) is 10.0 Å². The molecule has 0 aliphatic heterocycles. The van der Waals surface area contributed by atoms with Gasteiger partial charge < -0.3 is 0 Å². The molecule has 0 fully saturated rings. The van der Waals surface area contributed by atoms with E-state index in [-0.39, 0.29) is 6.04 Å². The van der Waals surface area contributed by atoms with Crippen LogP contribution in [0.3, 0.4) is 0 Å². The van der Waals surface area contributed by atoms with Crippen LogP contribution in [-0.2, 0) is 10.0 Å². The summed E-state index contributed by atoms with van der Waals surface area (Å²) in [5.74, 6) is 3.03. The van der Waals surface area contributed by atoms with Gasteiger partial charge in [-0.2, -0.15) is 4.31 Å². The smallest absolute Gasteiger partial charge is 0.207 e. The van der Waals surface area contributed by atoms with Crippen LogP contribution < -0.4 is 0 Å². The molecule has 0 aromatic heterocycles. The van der Waals surface area contributed by atoms with Gasteiger partial charge in [0.25, 0.3) is 0 Å². The number of nitrogens with zero attached hydrogens (tertiary/aromatic N) is 1. The lowest BCUT2D eigenvalue weighted by molar-refractivity contribution is 0.342. The van der Waals surface area contributed by atoms with Gasteiger partial charge in [0, 0.05) is 12.5 Å². The van der Waals surface area contributed by atoms with Crippen molar-refractivity contribution in [3.05, 3.63) is 29.8 Å². The first kappa shape index (κ1) is 18.1. The molecule has 5 heteroatoms. The summed E-state index contributed by atoms with van der Waals surface area (Å²) < 4.78 is 27.3. The van der Waals surface area contributed by atoms with E-state index >= 15 is 0 Å². The molecule has 0 aliphatic rings. The van der Waals surface area contributed by atoms with Crippen LogP contribution in [0.5, 0.6) is 0 Å². The zero-order valence-corrected chi connectivity index (χ0v) is 14.5. The van der Waals surface area contributed by atoms with E-state index in [9.17, 15) is 8.42 Å². The Bertz CT molecular complexity index is 573. The molecule has 3 nitrogen and oxygen atoms in total.